The summed E-state index contributed by atoms with van der Waals surface area (Å²) in [5.74, 6) is 0. The Labute approximate surface area is 131 Å². The van der Waals surface area contributed by atoms with Crippen LogP contribution in [0, 0.1) is 6.92 Å². The molecule has 1 unspecified atom stereocenters. The summed E-state index contributed by atoms with van der Waals surface area (Å²) in [6, 6.07) is 19.3. The maximum atomic E-state index is 4.50. The van der Waals surface area contributed by atoms with Crippen molar-refractivity contribution in [3.8, 4) is 0 Å². The van der Waals surface area contributed by atoms with E-state index >= 15 is 0 Å². The van der Waals surface area contributed by atoms with E-state index < -0.39 is 0 Å². The monoisotopic (exact) mass is 291 g/mol. The number of aryl methyl sites for hydroxylation is 1. The smallest absolute Gasteiger partial charge is 0.137 e. The van der Waals surface area contributed by atoms with Crippen LogP contribution < -0.4 is 0 Å². The zero-order valence-corrected chi connectivity index (χ0v) is 13.1. The third-order valence-electron chi connectivity index (χ3n) is 4.17. The minimum absolute atomic E-state index is 0.307. The van der Waals surface area contributed by atoms with Gasteiger partial charge in [0.25, 0.3) is 0 Å². The Bertz CT molecular complexity index is 719. The lowest BCUT2D eigenvalue weighted by molar-refractivity contribution is 0.355. The van der Waals surface area contributed by atoms with Crippen molar-refractivity contribution in [3.05, 3.63) is 83.9 Å². The lowest BCUT2D eigenvalue weighted by Crippen LogP contribution is -2.37. The van der Waals surface area contributed by atoms with Crippen molar-refractivity contribution in [3.63, 3.8) is 0 Å². The fourth-order valence-corrected chi connectivity index (χ4v) is 3.22. The standard InChI is InChI=1S/C19H21N3/c1-3-12-19(22-15-20-14-21-22,17-9-5-4-6-10-17)18-11-7-8-16(2)13-18/h4-11,13-15H,3,12H2,1-2H3. The van der Waals surface area contributed by atoms with Gasteiger partial charge in [-0.25, -0.2) is 9.67 Å². The van der Waals surface area contributed by atoms with E-state index in [2.05, 4.69) is 78.5 Å². The highest BCUT2D eigenvalue weighted by molar-refractivity contribution is 5.40. The summed E-state index contributed by atoms with van der Waals surface area (Å²) in [5.41, 5.74) is 3.45. The van der Waals surface area contributed by atoms with Crippen LogP contribution in [-0.4, -0.2) is 14.8 Å². The van der Waals surface area contributed by atoms with Crippen LogP contribution in [0.25, 0.3) is 0 Å². The van der Waals surface area contributed by atoms with E-state index in [0.717, 1.165) is 12.8 Å². The molecule has 3 nitrogen and oxygen atoms in total. The minimum Gasteiger partial charge on any atom is -0.238 e. The summed E-state index contributed by atoms with van der Waals surface area (Å²) in [7, 11) is 0. The number of benzene rings is 2. The van der Waals surface area contributed by atoms with E-state index in [1.807, 2.05) is 11.0 Å². The fourth-order valence-electron chi connectivity index (χ4n) is 3.22. The Morgan fingerprint density at radius 3 is 2.41 bits per heavy atom. The first-order valence-corrected chi connectivity index (χ1v) is 7.75. The van der Waals surface area contributed by atoms with Crippen molar-refractivity contribution < 1.29 is 0 Å². The van der Waals surface area contributed by atoms with Crippen LogP contribution in [0.5, 0.6) is 0 Å². The van der Waals surface area contributed by atoms with Crippen LogP contribution in [0.3, 0.4) is 0 Å². The highest BCUT2D eigenvalue weighted by Crippen LogP contribution is 2.37. The average molecular weight is 291 g/mol. The molecule has 0 bridgehead atoms. The molecule has 0 fully saturated rings. The molecule has 3 heteroatoms. The summed E-state index contributed by atoms with van der Waals surface area (Å²) in [5, 5.41) is 4.50. The van der Waals surface area contributed by atoms with E-state index in [1.165, 1.54) is 16.7 Å². The molecule has 1 heterocycles. The predicted octanol–water partition coefficient (Wildman–Crippen LogP) is 4.18. The first kappa shape index (κ1) is 14.5. The second kappa shape index (κ2) is 6.14. The largest absolute Gasteiger partial charge is 0.238 e. The molecule has 0 saturated carbocycles. The molecular weight excluding hydrogens is 270 g/mol. The molecule has 1 atom stereocenters. The second-order valence-corrected chi connectivity index (χ2v) is 5.69. The lowest BCUT2D eigenvalue weighted by Gasteiger charge is -2.35. The summed E-state index contributed by atoms with van der Waals surface area (Å²) in [6.07, 6.45) is 5.47. The zero-order chi connectivity index (χ0) is 15.4. The fraction of sp³-hybridized carbons (Fsp3) is 0.263. The van der Waals surface area contributed by atoms with Gasteiger partial charge in [0.05, 0.1) is 0 Å². The molecule has 0 N–H and O–H groups in total. The van der Waals surface area contributed by atoms with Gasteiger partial charge < -0.3 is 0 Å². The molecule has 22 heavy (non-hydrogen) atoms. The molecule has 0 amide bonds. The maximum absolute atomic E-state index is 4.50. The molecule has 0 aliphatic rings. The normalized spacial score (nSPS) is 13.7. The molecule has 112 valence electrons. The lowest BCUT2D eigenvalue weighted by atomic mass is 9.79. The molecule has 0 radical (unpaired) electrons. The highest BCUT2D eigenvalue weighted by Gasteiger charge is 2.36. The molecule has 0 aliphatic heterocycles. The van der Waals surface area contributed by atoms with Crippen LogP contribution in [-0.2, 0) is 5.54 Å². The predicted molar refractivity (Wildman–Crippen MR) is 88.7 cm³/mol. The van der Waals surface area contributed by atoms with Crippen LogP contribution >= 0.6 is 0 Å². The van der Waals surface area contributed by atoms with E-state index in [-0.39, 0.29) is 5.54 Å². The van der Waals surface area contributed by atoms with Gasteiger partial charge in [0.1, 0.15) is 18.2 Å². The van der Waals surface area contributed by atoms with Gasteiger partial charge in [0.2, 0.25) is 0 Å². The summed E-state index contributed by atoms with van der Waals surface area (Å²) in [6.45, 7) is 4.34. The first-order chi connectivity index (χ1) is 10.8. The first-order valence-electron chi connectivity index (χ1n) is 7.75. The van der Waals surface area contributed by atoms with Crippen molar-refractivity contribution in [1.29, 1.82) is 0 Å². The van der Waals surface area contributed by atoms with Crippen LogP contribution in [0.2, 0.25) is 0 Å². The third-order valence-corrected chi connectivity index (χ3v) is 4.17. The second-order valence-electron chi connectivity index (χ2n) is 5.69. The maximum Gasteiger partial charge on any atom is 0.137 e. The van der Waals surface area contributed by atoms with Crippen LogP contribution in [0.4, 0.5) is 0 Å². The van der Waals surface area contributed by atoms with Crippen molar-refractivity contribution >= 4 is 0 Å². The summed E-state index contributed by atoms with van der Waals surface area (Å²) in [4.78, 5) is 4.20. The van der Waals surface area contributed by atoms with E-state index in [4.69, 9.17) is 0 Å². The highest BCUT2D eigenvalue weighted by atomic mass is 15.4. The van der Waals surface area contributed by atoms with Crippen molar-refractivity contribution in [2.75, 3.05) is 0 Å². The number of rotatable bonds is 5. The van der Waals surface area contributed by atoms with Gasteiger partial charge in [-0.05, 0) is 24.5 Å². The quantitative estimate of drug-likeness (QED) is 0.706. The zero-order valence-electron chi connectivity index (χ0n) is 13.1. The molecular formula is C19H21N3. The molecule has 3 rings (SSSR count). The topological polar surface area (TPSA) is 30.7 Å². The van der Waals surface area contributed by atoms with Crippen LogP contribution in [0.1, 0.15) is 36.5 Å². The molecule has 1 aromatic heterocycles. The summed E-state index contributed by atoms with van der Waals surface area (Å²) >= 11 is 0. The number of aromatic nitrogens is 3. The molecule has 0 spiro atoms. The van der Waals surface area contributed by atoms with Crippen LogP contribution in [0.15, 0.2) is 67.3 Å². The van der Waals surface area contributed by atoms with Gasteiger partial charge in [-0.2, -0.15) is 5.10 Å². The Hall–Kier alpha value is -2.42. The average Bonchev–Trinajstić information content (AvgIpc) is 3.08. The van der Waals surface area contributed by atoms with Crippen molar-refractivity contribution in [1.82, 2.24) is 14.8 Å². The molecule has 0 aliphatic carbocycles. The van der Waals surface area contributed by atoms with Crippen molar-refractivity contribution in [2.24, 2.45) is 0 Å². The Balaban J connectivity index is 2.29. The number of nitrogens with zero attached hydrogens (tertiary/aromatic N) is 3. The van der Waals surface area contributed by atoms with Gasteiger partial charge in [0, 0.05) is 0 Å². The molecule has 3 aromatic rings. The number of hydrogen-bond donors (Lipinski definition) is 0. The van der Waals surface area contributed by atoms with Gasteiger partial charge in [-0.15, -0.1) is 0 Å². The molecule has 0 saturated heterocycles. The van der Waals surface area contributed by atoms with Gasteiger partial charge >= 0.3 is 0 Å². The van der Waals surface area contributed by atoms with Gasteiger partial charge in [-0.1, -0.05) is 73.5 Å². The number of hydrogen-bond acceptors (Lipinski definition) is 2. The van der Waals surface area contributed by atoms with E-state index in [1.54, 1.807) is 6.33 Å². The summed E-state index contributed by atoms with van der Waals surface area (Å²) < 4.78 is 2.00. The van der Waals surface area contributed by atoms with E-state index in [0.29, 0.717) is 0 Å². The minimum atomic E-state index is -0.307. The van der Waals surface area contributed by atoms with E-state index in [9.17, 15) is 0 Å². The van der Waals surface area contributed by atoms with Crippen molar-refractivity contribution in [2.45, 2.75) is 32.2 Å². The van der Waals surface area contributed by atoms with Gasteiger partial charge in [-0.3, -0.25) is 0 Å². The molecule has 2 aromatic carbocycles. The SMILES string of the molecule is CCCC(c1ccccc1)(c1cccc(C)c1)n1cncn1. The Morgan fingerprint density at radius 1 is 1.00 bits per heavy atom. The Morgan fingerprint density at radius 2 is 1.77 bits per heavy atom. The third kappa shape index (κ3) is 2.43. The Kier molecular flexibility index (Phi) is 4.05. The van der Waals surface area contributed by atoms with Gasteiger partial charge in [0.15, 0.2) is 0 Å².